The highest BCUT2D eigenvalue weighted by Gasteiger charge is 2.30. The van der Waals surface area contributed by atoms with Crippen LogP contribution in [0.3, 0.4) is 0 Å². The molecule has 1 aliphatic rings. The van der Waals surface area contributed by atoms with Gasteiger partial charge in [-0.15, -0.1) is 0 Å². The summed E-state index contributed by atoms with van der Waals surface area (Å²) in [6.45, 7) is 0.427. The molecule has 1 fully saturated rings. The zero-order valence-electron chi connectivity index (χ0n) is 15.8. The first-order valence-corrected chi connectivity index (χ1v) is 9.79. The molecular formula is C22H26N2O4. The first kappa shape index (κ1) is 19.9. The average Bonchev–Trinajstić information content (AvgIpc) is 2.69. The molecule has 6 heteroatoms. The largest absolute Gasteiger partial charge is 0.489 e. The zero-order valence-corrected chi connectivity index (χ0v) is 15.8. The number of hydrogen-bond acceptors (Lipinski definition) is 4. The van der Waals surface area contributed by atoms with Crippen molar-refractivity contribution >= 4 is 11.9 Å². The van der Waals surface area contributed by atoms with Gasteiger partial charge in [-0.2, -0.15) is 0 Å². The predicted molar refractivity (Wildman–Crippen MR) is 105 cm³/mol. The van der Waals surface area contributed by atoms with Crippen molar-refractivity contribution in [2.45, 2.75) is 51.2 Å². The highest BCUT2D eigenvalue weighted by atomic mass is 16.5. The molecule has 0 bridgehead atoms. The summed E-state index contributed by atoms with van der Waals surface area (Å²) in [5.41, 5.74) is 1.52. The van der Waals surface area contributed by atoms with Crippen LogP contribution in [0.1, 0.15) is 54.4 Å². The van der Waals surface area contributed by atoms with Crippen LogP contribution in [-0.4, -0.2) is 28.0 Å². The van der Waals surface area contributed by atoms with Gasteiger partial charge in [0.1, 0.15) is 12.4 Å². The molecule has 148 valence electrons. The average molecular weight is 382 g/mol. The number of pyridine rings is 1. The van der Waals surface area contributed by atoms with Gasteiger partial charge in [0.05, 0.1) is 5.92 Å². The number of aliphatic carboxylic acids is 1. The Morgan fingerprint density at radius 1 is 1.00 bits per heavy atom. The predicted octanol–water partition coefficient (Wildman–Crippen LogP) is 3.81. The second kappa shape index (κ2) is 9.88. The second-order valence-electron chi connectivity index (χ2n) is 7.18. The standard InChI is InChI=1S/C22H26N2O4/c25-21(24-20-6-4-2-1-3-5-19(20)22(26)27)17-7-9-18(10-8-17)28-15-16-11-13-23-14-12-16/h7-14,19-20H,1-6,15H2,(H,24,25)(H,26,27). The van der Waals surface area contributed by atoms with Gasteiger partial charge in [0.25, 0.3) is 5.91 Å². The van der Waals surface area contributed by atoms with Gasteiger partial charge in [-0.05, 0) is 54.8 Å². The number of benzene rings is 1. The van der Waals surface area contributed by atoms with Gasteiger partial charge in [0, 0.05) is 24.0 Å². The molecule has 3 rings (SSSR count). The monoisotopic (exact) mass is 382 g/mol. The summed E-state index contributed by atoms with van der Waals surface area (Å²) in [5.74, 6) is -0.917. The summed E-state index contributed by atoms with van der Waals surface area (Å²) < 4.78 is 5.72. The van der Waals surface area contributed by atoms with Crippen LogP contribution in [0.25, 0.3) is 0 Å². The number of ether oxygens (including phenoxy) is 1. The molecule has 1 aromatic carbocycles. The fourth-order valence-corrected chi connectivity index (χ4v) is 3.55. The number of aromatic nitrogens is 1. The Morgan fingerprint density at radius 2 is 1.68 bits per heavy atom. The van der Waals surface area contributed by atoms with Crippen LogP contribution in [-0.2, 0) is 11.4 Å². The van der Waals surface area contributed by atoms with E-state index in [4.69, 9.17) is 4.74 Å². The van der Waals surface area contributed by atoms with E-state index in [1.165, 1.54) is 0 Å². The molecule has 2 N–H and O–H groups in total. The molecule has 1 saturated carbocycles. The van der Waals surface area contributed by atoms with Crippen molar-refractivity contribution in [3.8, 4) is 5.75 Å². The van der Waals surface area contributed by atoms with Gasteiger partial charge >= 0.3 is 5.97 Å². The van der Waals surface area contributed by atoms with Gasteiger partial charge < -0.3 is 15.2 Å². The smallest absolute Gasteiger partial charge is 0.308 e. The van der Waals surface area contributed by atoms with Gasteiger partial charge in [-0.1, -0.05) is 25.7 Å². The minimum absolute atomic E-state index is 0.238. The maximum Gasteiger partial charge on any atom is 0.308 e. The second-order valence-corrected chi connectivity index (χ2v) is 7.18. The van der Waals surface area contributed by atoms with E-state index in [0.29, 0.717) is 30.8 Å². The lowest BCUT2D eigenvalue weighted by Crippen LogP contribution is -2.43. The molecule has 2 aromatic rings. The number of hydrogen-bond donors (Lipinski definition) is 2. The maximum absolute atomic E-state index is 12.6. The first-order chi connectivity index (χ1) is 13.6. The van der Waals surface area contributed by atoms with Gasteiger partial charge in [-0.25, -0.2) is 0 Å². The van der Waals surface area contributed by atoms with E-state index >= 15 is 0 Å². The van der Waals surface area contributed by atoms with Crippen LogP contribution in [0.4, 0.5) is 0 Å². The number of carbonyl (C=O) groups is 2. The number of carboxylic acids is 1. The van der Waals surface area contributed by atoms with Crippen molar-refractivity contribution in [2.24, 2.45) is 5.92 Å². The molecule has 6 nitrogen and oxygen atoms in total. The first-order valence-electron chi connectivity index (χ1n) is 9.79. The molecule has 1 aromatic heterocycles. The molecule has 0 saturated heterocycles. The third-order valence-electron chi connectivity index (χ3n) is 5.17. The molecule has 1 aliphatic carbocycles. The van der Waals surface area contributed by atoms with E-state index < -0.39 is 11.9 Å². The third kappa shape index (κ3) is 5.55. The van der Waals surface area contributed by atoms with Gasteiger partial charge in [0.15, 0.2) is 0 Å². The van der Waals surface area contributed by atoms with Crippen molar-refractivity contribution in [2.75, 3.05) is 0 Å². The van der Waals surface area contributed by atoms with Crippen molar-refractivity contribution in [1.82, 2.24) is 10.3 Å². The quantitative estimate of drug-likeness (QED) is 0.793. The van der Waals surface area contributed by atoms with Gasteiger partial charge in [-0.3, -0.25) is 14.6 Å². The molecule has 1 heterocycles. The molecule has 1 amide bonds. The van der Waals surface area contributed by atoms with Crippen molar-refractivity contribution in [3.05, 3.63) is 59.9 Å². The van der Waals surface area contributed by atoms with Crippen LogP contribution >= 0.6 is 0 Å². The highest BCUT2D eigenvalue weighted by molar-refractivity contribution is 5.94. The fraction of sp³-hybridized carbons (Fsp3) is 0.409. The van der Waals surface area contributed by atoms with Crippen LogP contribution in [0.15, 0.2) is 48.8 Å². The Bertz CT molecular complexity index is 777. The summed E-state index contributed by atoms with van der Waals surface area (Å²) in [5, 5.41) is 12.5. The van der Waals surface area contributed by atoms with Crippen LogP contribution in [0.5, 0.6) is 5.75 Å². The fourth-order valence-electron chi connectivity index (χ4n) is 3.55. The molecule has 2 unspecified atom stereocenters. The Balaban J connectivity index is 1.59. The normalized spacial score (nSPS) is 19.9. The van der Waals surface area contributed by atoms with Crippen molar-refractivity contribution in [1.29, 1.82) is 0 Å². The number of rotatable bonds is 6. The number of nitrogens with one attached hydrogen (secondary N) is 1. The zero-order chi connectivity index (χ0) is 19.8. The third-order valence-corrected chi connectivity index (χ3v) is 5.17. The summed E-state index contributed by atoms with van der Waals surface area (Å²) >= 11 is 0. The number of carbonyl (C=O) groups excluding carboxylic acids is 1. The van der Waals surface area contributed by atoms with Crippen LogP contribution < -0.4 is 10.1 Å². The summed E-state index contributed by atoms with van der Waals surface area (Å²) in [6.07, 6.45) is 8.73. The number of nitrogens with zero attached hydrogens (tertiary/aromatic N) is 1. The maximum atomic E-state index is 12.6. The van der Waals surface area contributed by atoms with E-state index in [0.717, 1.165) is 31.2 Å². The van der Waals surface area contributed by atoms with Crippen LogP contribution in [0.2, 0.25) is 0 Å². The Morgan fingerprint density at radius 3 is 2.36 bits per heavy atom. The molecule has 2 atom stereocenters. The van der Waals surface area contributed by atoms with Crippen LogP contribution in [0, 0.1) is 5.92 Å². The van der Waals surface area contributed by atoms with E-state index in [1.54, 1.807) is 36.7 Å². The lowest BCUT2D eigenvalue weighted by atomic mass is 9.86. The Kier molecular flexibility index (Phi) is 7.00. The van der Waals surface area contributed by atoms with E-state index in [-0.39, 0.29) is 11.9 Å². The van der Waals surface area contributed by atoms with E-state index in [1.807, 2.05) is 12.1 Å². The molecule has 28 heavy (non-hydrogen) atoms. The molecule has 0 radical (unpaired) electrons. The summed E-state index contributed by atoms with van der Waals surface area (Å²) in [7, 11) is 0. The SMILES string of the molecule is O=C(NC1CCCCCCC1C(=O)O)c1ccc(OCc2ccncc2)cc1. The molecule has 0 spiro atoms. The molecular weight excluding hydrogens is 356 g/mol. The minimum Gasteiger partial charge on any atom is -0.489 e. The molecule has 0 aliphatic heterocycles. The van der Waals surface area contributed by atoms with Crippen molar-refractivity contribution in [3.63, 3.8) is 0 Å². The van der Waals surface area contributed by atoms with E-state index in [9.17, 15) is 14.7 Å². The topological polar surface area (TPSA) is 88.5 Å². The number of amides is 1. The summed E-state index contributed by atoms with van der Waals surface area (Å²) in [6, 6.07) is 10.4. The van der Waals surface area contributed by atoms with E-state index in [2.05, 4.69) is 10.3 Å². The lowest BCUT2D eigenvalue weighted by molar-refractivity contribution is -0.143. The minimum atomic E-state index is -0.827. The lowest BCUT2D eigenvalue weighted by Gasteiger charge is -2.27. The number of carboxylic acid groups (broad SMARTS) is 1. The van der Waals surface area contributed by atoms with Gasteiger partial charge in [0.2, 0.25) is 0 Å². The summed E-state index contributed by atoms with van der Waals surface area (Å²) in [4.78, 5) is 28.2. The Labute approximate surface area is 164 Å². The Hall–Kier alpha value is -2.89. The van der Waals surface area contributed by atoms with Crippen molar-refractivity contribution < 1.29 is 19.4 Å². The highest BCUT2D eigenvalue weighted by Crippen LogP contribution is 2.24.